The molecule has 0 N–H and O–H groups in total. The van der Waals surface area contributed by atoms with Crippen LogP contribution in [0.25, 0.3) is 0 Å². The fourth-order valence-electron chi connectivity index (χ4n) is 4.48. The van der Waals surface area contributed by atoms with E-state index in [1.165, 1.54) is 84.7 Å². The molecule has 3 heterocycles. The van der Waals surface area contributed by atoms with Crippen LogP contribution in [0.3, 0.4) is 0 Å². The van der Waals surface area contributed by atoms with Gasteiger partial charge in [-0.25, -0.2) is 0 Å². The quantitative estimate of drug-likeness (QED) is 0.698. The summed E-state index contributed by atoms with van der Waals surface area (Å²) in [4.78, 5) is 4.94. The molecule has 3 rings (SSSR count). The average molecular weight is 338 g/mol. The van der Waals surface area contributed by atoms with E-state index in [1.54, 1.807) is 0 Å². The maximum atomic E-state index is 4.41. The van der Waals surface area contributed by atoms with Gasteiger partial charge in [0.05, 0.1) is 0 Å². The smallest absolute Gasteiger partial charge is 0.304 e. The third-order valence-corrected chi connectivity index (χ3v) is 10.7. The van der Waals surface area contributed by atoms with Crippen molar-refractivity contribution in [3.05, 3.63) is 12.3 Å². The molecule has 0 radical (unpaired) electrons. The molecule has 6 heteroatoms. The Morgan fingerprint density at radius 1 is 0.609 bits per heavy atom. The second-order valence-electron chi connectivity index (χ2n) is 7.52. The van der Waals surface area contributed by atoms with Crippen molar-refractivity contribution in [2.24, 2.45) is 0 Å². The Bertz CT molecular complexity index is 360. The third-order valence-electron chi connectivity index (χ3n) is 6.03. The lowest BCUT2D eigenvalue weighted by molar-refractivity contribution is 0.141. The van der Waals surface area contributed by atoms with Gasteiger partial charge < -0.3 is 9.80 Å². The Morgan fingerprint density at radius 2 is 1.00 bits per heavy atom. The summed E-state index contributed by atoms with van der Waals surface area (Å²) >= 11 is 0. The Kier molecular flexibility index (Phi) is 5.93. The number of rotatable bonds is 4. The molecule has 0 unspecified atom stereocenters. The van der Waals surface area contributed by atoms with Gasteiger partial charge in [-0.15, -0.1) is 6.58 Å². The molecule has 0 amide bonds. The summed E-state index contributed by atoms with van der Waals surface area (Å²) in [5.74, 6) is 0. The van der Waals surface area contributed by atoms with Crippen LogP contribution in [0.1, 0.15) is 19.3 Å². The van der Waals surface area contributed by atoms with E-state index in [9.17, 15) is 0 Å². The molecule has 5 nitrogen and oxygen atoms in total. The summed E-state index contributed by atoms with van der Waals surface area (Å²) in [7, 11) is 2.59. The van der Waals surface area contributed by atoms with Gasteiger partial charge in [0.15, 0.2) is 0 Å². The SMILES string of the molecule is C=C[Si](N1CCCCC1)(N1CCN(C)CC1)N1CCN(C)CC1. The summed E-state index contributed by atoms with van der Waals surface area (Å²) in [5, 5.41) is 0. The highest BCUT2D eigenvalue weighted by molar-refractivity contribution is 6.76. The summed E-state index contributed by atoms with van der Waals surface area (Å²) < 4.78 is 8.55. The van der Waals surface area contributed by atoms with Crippen LogP contribution in [0.5, 0.6) is 0 Å². The first kappa shape index (κ1) is 17.6. The second kappa shape index (κ2) is 7.76. The third kappa shape index (κ3) is 3.57. The van der Waals surface area contributed by atoms with Gasteiger partial charge in [-0.1, -0.05) is 12.1 Å². The standard InChI is InChI=1S/C17H35N5Si/c1-4-23(20-8-6-5-7-9-20,21-14-10-18(2)11-15-21)22-16-12-19(3)13-17-22/h4H,1,5-17H2,2-3H3. The molecule has 3 saturated heterocycles. The highest BCUT2D eigenvalue weighted by Gasteiger charge is 2.50. The van der Waals surface area contributed by atoms with Crippen LogP contribution >= 0.6 is 0 Å². The first-order valence-electron chi connectivity index (χ1n) is 9.42. The van der Waals surface area contributed by atoms with Crippen LogP contribution in [0, 0.1) is 0 Å². The van der Waals surface area contributed by atoms with Crippen LogP contribution in [-0.2, 0) is 0 Å². The van der Waals surface area contributed by atoms with E-state index in [0.717, 1.165) is 0 Å². The van der Waals surface area contributed by atoms with Gasteiger partial charge in [-0.05, 0) is 40.0 Å². The van der Waals surface area contributed by atoms with Crippen LogP contribution in [0.4, 0.5) is 0 Å². The molecule has 23 heavy (non-hydrogen) atoms. The summed E-state index contributed by atoms with van der Waals surface area (Å²) in [6.45, 7) is 16.6. The molecule has 3 aliphatic rings. The van der Waals surface area contributed by atoms with E-state index >= 15 is 0 Å². The first-order valence-corrected chi connectivity index (χ1v) is 11.3. The molecule has 0 bridgehead atoms. The monoisotopic (exact) mass is 337 g/mol. The van der Waals surface area contributed by atoms with Crippen molar-refractivity contribution in [3.63, 3.8) is 0 Å². The van der Waals surface area contributed by atoms with Crippen molar-refractivity contribution in [2.75, 3.05) is 79.5 Å². The lowest BCUT2D eigenvalue weighted by Crippen LogP contribution is -2.78. The Hall–Kier alpha value is -0.243. The van der Waals surface area contributed by atoms with Gasteiger partial charge in [0.2, 0.25) is 0 Å². The van der Waals surface area contributed by atoms with Gasteiger partial charge in [0, 0.05) is 52.4 Å². The number of piperazine rings is 2. The highest BCUT2D eigenvalue weighted by atomic mass is 28.4. The van der Waals surface area contributed by atoms with E-state index in [2.05, 4.69) is 49.9 Å². The molecule has 3 fully saturated rings. The zero-order chi connectivity index (χ0) is 16.3. The molecule has 3 aliphatic heterocycles. The summed E-state index contributed by atoms with van der Waals surface area (Å²) in [6, 6.07) is 0. The second-order valence-corrected chi connectivity index (χ2v) is 11.2. The minimum absolute atomic E-state index is 1.20. The molecule has 132 valence electrons. The topological polar surface area (TPSA) is 16.2 Å². The number of hydrogen-bond donors (Lipinski definition) is 0. The van der Waals surface area contributed by atoms with Gasteiger partial charge in [0.1, 0.15) is 0 Å². The molecule has 0 aromatic carbocycles. The van der Waals surface area contributed by atoms with Crippen LogP contribution in [-0.4, -0.2) is 112 Å². The molecule has 0 spiro atoms. The van der Waals surface area contributed by atoms with Gasteiger partial charge in [0.25, 0.3) is 0 Å². The molecule has 0 saturated carbocycles. The fourth-order valence-corrected chi connectivity index (χ4v) is 9.15. The minimum Gasteiger partial charge on any atom is -0.304 e. The Morgan fingerprint density at radius 3 is 1.39 bits per heavy atom. The average Bonchev–Trinajstić information content (AvgIpc) is 2.60. The highest BCUT2D eigenvalue weighted by Crippen LogP contribution is 2.27. The lowest BCUT2D eigenvalue weighted by atomic mass is 10.2. The first-order chi connectivity index (χ1) is 11.2. The molecule has 0 atom stereocenters. The maximum Gasteiger partial charge on any atom is 0.315 e. The Labute approximate surface area is 143 Å². The number of piperidine rings is 1. The summed E-state index contributed by atoms with van der Waals surface area (Å²) in [6.07, 6.45) is 4.14. The van der Waals surface area contributed by atoms with Crippen molar-refractivity contribution in [1.29, 1.82) is 0 Å². The van der Waals surface area contributed by atoms with E-state index < -0.39 is 8.56 Å². The molecule has 0 aromatic rings. The largest absolute Gasteiger partial charge is 0.315 e. The van der Waals surface area contributed by atoms with Crippen molar-refractivity contribution >= 4 is 8.56 Å². The number of nitrogens with zero attached hydrogens (tertiary/aromatic N) is 5. The maximum absolute atomic E-state index is 4.41. The van der Waals surface area contributed by atoms with Crippen LogP contribution in [0.2, 0.25) is 0 Å². The van der Waals surface area contributed by atoms with E-state index in [-0.39, 0.29) is 0 Å². The van der Waals surface area contributed by atoms with Crippen molar-refractivity contribution in [3.8, 4) is 0 Å². The molecular formula is C17H35N5Si. The van der Waals surface area contributed by atoms with Gasteiger partial charge in [-0.3, -0.25) is 13.7 Å². The predicted molar refractivity (Wildman–Crippen MR) is 99.5 cm³/mol. The van der Waals surface area contributed by atoms with Crippen LogP contribution in [0.15, 0.2) is 12.3 Å². The lowest BCUT2D eigenvalue weighted by Gasteiger charge is -2.56. The van der Waals surface area contributed by atoms with Gasteiger partial charge >= 0.3 is 8.56 Å². The van der Waals surface area contributed by atoms with E-state index in [1.807, 2.05) is 0 Å². The van der Waals surface area contributed by atoms with E-state index in [4.69, 9.17) is 0 Å². The zero-order valence-electron chi connectivity index (χ0n) is 15.2. The zero-order valence-corrected chi connectivity index (χ0v) is 16.2. The number of likely N-dealkylation sites (N-methyl/N-ethyl adjacent to an activating group) is 2. The van der Waals surface area contributed by atoms with Crippen LogP contribution < -0.4 is 0 Å². The molecule has 0 aromatic heterocycles. The minimum atomic E-state index is -1.92. The fraction of sp³-hybridized carbons (Fsp3) is 0.882. The van der Waals surface area contributed by atoms with Gasteiger partial charge in [-0.2, -0.15) is 0 Å². The van der Waals surface area contributed by atoms with Crippen molar-refractivity contribution in [2.45, 2.75) is 19.3 Å². The van der Waals surface area contributed by atoms with Crippen molar-refractivity contribution in [1.82, 2.24) is 23.5 Å². The molecular weight excluding hydrogens is 302 g/mol. The summed E-state index contributed by atoms with van der Waals surface area (Å²) in [5.41, 5.74) is 2.40. The normalized spacial score (nSPS) is 28.1. The van der Waals surface area contributed by atoms with E-state index in [0.29, 0.717) is 0 Å². The van der Waals surface area contributed by atoms with Crippen molar-refractivity contribution < 1.29 is 0 Å². The Balaban J connectivity index is 1.85. The number of hydrogen-bond acceptors (Lipinski definition) is 5. The predicted octanol–water partition coefficient (Wildman–Crippen LogP) is 0.631. The molecule has 0 aliphatic carbocycles.